The SMILES string of the molecule is O=C(CCc1ncc(-c2ccccc2F)o1)NC(c1ccccc1)c1ccccc1. The maximum absolute atomic E-state index is 13.9. The smallest absolute Gasteiger partial charge is 0.221 e. The van der Waals surface area contributed by atoms with Gasteiger partial charge in [0.2, 0.25) is 5.91 Å². The molecule has 0 aliphatic carbocycles. The zero-order valence-corrected chi connectivity index (χ0v) is 16.3. The Hall–Kier alpha value is -3.73. The van der Waals surface area contributed by atoms with Gasteiger partial charge in [0.05, 0.1) is 17.8 Å². The Morgan fingerprint density at radius 1 is 0.900 bits per heavy atom. The standard InChI is InChI=1S/C25H21FN2O2/c26-21-14-8-7-13-20(21)22-17-27-24(30-22)16-15-23(29)28-25(18-9-3-1-4-10-18)19-11-5-2-6-12-19/h1-14,17,25H,15-16H2,(H,28,29). The molecular formula is C25H21FN2O2. The number of nitrogens with one attached hydrogen (secondary N) is 1. The summed E-state index contributed by atoms with van der Waals surface area (Å²) in [6.45, 7) is 0. The highest BCUT2D eigenvalue weighted by molar-refractivity contribution is 5.77. The van der Waals surface area contributed by atoms with Crippen molar-refractivity contribution in [2.75, 3.05) is 0 Å². The predicted octanol–water partition coefficient (Wildman–Crippen LogP) is 5.32. The maximum atomic E-state index is 13.9. The molecule has 0 saturated heterocycles. The van der Waals surface area contributed by atoms with Crippen molar-refractivity contribution in [2.24, 2.45) is 0 Å². The van der Waals surface area contributed by atoms with Gasteiger partial charge in [0.25, 0.3) is 0 Å². The normalized spacial score (nSPS) is 10.9. The number of benzene rings is 3. The fourth-order valence-electron chi connectivity index (χ4n) is 3.32. The van der Waals surface area contributed by atoms with Crippen LogP contribution in [0.2, 0.25) is 0 Å². The molecular weight excluding hydrogens is 379 g/mol. The number of aromatic nitrogens is 1. The van der Waals surface area contributed by atoms with E-state index in [9.17, 15) is 9.18 Å². The number of amides is 1. The summed E-state index contributed by atoms with van der Waals surface area (Å²) >= 11 is 0. The monoisotopic (exact) mass is 400 g/mol. The minimum atomic E-state index is -0.369. The summed E-state index contributed by atoms with van der Waals surface area (Å²) < 4.78 is 19.6. The Morgan fingerprint density at radius 3 is 2.13 bits per heavy atom. The van der Waals surface area contributed by atoms with E-state index in [-0.39, 0.29) is 24.2 Å². The summed E-state index contributed by atoms with van der Waals surface area (Å²) in [5.41, 5.74) is 2.37. The second-order valence-corrected chi connectivity index (χ2v) is 6.92. The summed E-state index contributed by atoms with van der Waals surface area (Å²) in [5.74, 6) is 0.277. The molecule has 4 rings (SSSR count). The molecule has 0 atom stereocenters. The third-order valence-electron chi connectivity index (χ3n) is 4.83. The van der Waals surface area contributed by atoms with Crippen LogP contribution in [0.1, 0.15) is 29.5 Å². The molecule has 4 nitrogen and oxygen atoms in total. The average Bonchev–Trinajstić information content (AvgIpc) is 3.26. The predicted molar refractivity (Wildman–Crippen MR) is 113 cm³/mol. The van der Waals surface area contributed by atoms with Crippen molar-refractivity contribution in [1.29, 1.82) is 0 Å². The van der Waals surface area contributed by atoms with Crippen LogP contribution < -0.4 is 5.32 Å². The molecule has 0 radical (unpaired) electrons. The number of carbonyl (C=O) groups excluding carboxylic acids is 1. The molecule has 150 valence electrons. The summed E-state index contributed by atoms with van der Waals surface area (Å²) in [6.07, 6.45) is 2.03. The summed E-state index contributed by atoms with van der Waals surface area (Å²) in [6, 6.07) is 25.8. The summed E-state index contributed by atoms with van der Waals surface area (Å²) in [5, 5.41) is 3.10. The van der Waals surface area contributed by atoms with Crippen LogP contribution >= 0.6 is 0 Å². The molecule has 5 heteroatoms. The second kappa shape index (κ2) is 9.18. The largest absolute Gasteiger partial charge is 0.441 e. The molecule has 1 amide bonds. The lowest BCUT2D eigenvalue weighted by Crippen LogP contribution is -2.29. The summed E-state index contributed by atoms with van der Waals surface area (Å²) in [7, 11) is 0. The average molecular weight is 400 g/mol. The quantitative estimate of drug-likeness (QED) is 0.457. The van der Waals surface area contributed by atoms with Crippen molar-refractivity contribution in [3.05, 3.63) is 114 Å². The lowest BCUT2D eigenvalue weighted by molar-refractivity contribution is -0.121. The van der Waals surface area contributed by atoms with Crippen LogP contribution in [0, 0.1) is 5.82 Å². The highest BCUT2D eigenvalue weighted by Gasteiger charge is 2.17. The first-order valence-corrected chi connectivity index (χ1v) is 9.79. The Kier molecular flexibility index (Phi) is 5.99. The van der Waals surface area contributed by atoms with Crippen molar-refractivity contribution >= 4 is 5.91 Å². The lowest BCUT2D eigenvalue weighted by atomic mass is 9.98. The molecule has 0 aliphatic heterocycles. The molecule has 3 aromatic carbocycles. The number of rotatable bonds is 7. The molecule has 1 aromatic heterocycles. The molecule has 0 saturated carbocycles. The summed E-state index contributed by atoms with van der Waals surface area (Å²) in [4.78, 5) is 16.9. The Morgan fingerprint density at radius 2 is 1.50 bits per heavy atom. The first kappa shape index (κ1) is 19.6. The Balaban J connectivity index is 1.43. The van der Waals surface area contributed by atoms with E-state index in [0.717, 1.165) is 11.1 Å². The van der Waals surface area contributed by atoms with E-state index >= 15 is 0 Å². The zero-order chi connectivity index (χ0) is 20.8. The highest BCUT2D eigenvalue weighted by Crippen LogP contribution is 2.24. The number of hydrogen-bond donors (Lipinski definition) is 1. The molecule has 0 fully saturated rings. The number of oxazole rings is 1. The molecule has 1 N–H and O–H groups in total. The van der Waals surface area contributed by atoms with E-state index in [1.54, 1.807) is 18.2 Å². The van der Waals surface area contributed by atoms with Gasteiger partial charge in [0, 0.05) is 12.8 Å². The molecule has 0 unspecified atom stereocenters. The third-order valence-corrected chi connectivity index (χ3v) is 4.83. The minimum Gasteiger partial charge on any atom is -0.441 e. The molecule has 0 aliphatic rings. The van der Waals surface area contributed by atoms with E-state index in [1.807, 2.05) is 60.7 Å². The topological polar surface area (TPSA) is 55.1 Å². The minimum absolute atomic E-state index is 0.113. The number of nitrogens with zero attached hydrogens (tertiary/aromatic N) is 1. The molecule has 0 spiro atoms. The van der Waals surface area contributed by atoms with Gasteiger partial charge in [-0.25, -0.2) is 9.37 Å². The number of carbonyl (C=O) groups is 1. The Labute approximate surface area is 174 Å². The van der Waals surface area contributed by atoms with Gasteiger partial charge in [-0.2, -0.15) is 0 Å². The zero-order valence-electron chi connectivity index (χ0n) is 16.3. The molecule has 4 aromatic rings. The van der Waals surface area contributed by atoms with E-state index in [2.05, 4.69) is 10.3 Å². The number of aryl methyl sites for hydroxylation is 1. The van der Waals surface area contributed by atoms with Crippen LogP contribution in [0.25, 0.3) is 11.3 Å². The van der Waals surface area contributed by atoms with Crippen molar-refractivity contribution in [2.45, 2.75) is 18.9 Å². The van der Waals surface area contributed by atoms with Crippen molar-refractivity contribution in [3.8, 4) is 11.3 Å². The highest BCUT2D eigenvalue weighted by atomic mass is 19.1. The van der Waals surface area contributed by atoms with Crippen molar-refractivity contribution in [1.82, 2.24) is 10.3 Å². The van der Waals surface area contributed by atoms with Gasteiger partial charge >= 0.3 is 0 Å². The van der Waals surface area contributed by atoms with Crippen LogP contribution in [0.15, 0.2) is 95.5 Å². The van der Waals surface area contributed by atoms with Crippen LogP contribution in [-0.2, 0) is 11.2 Å². The Bertz CT molecular complexity index is 1070. The van der Waals surface area contributed by atoms with Gasteiger partial charge in [-0.15, -0.1) is 0 Å². The van der Waals surface area contributed by atoms with Crippen molar-refractivity contribution in [3.63, 3.8) is 0 Å². The van der Waals surface area contributed by atoms with Crippen LogP contribution in [0.5, 0.6) is 0 Å². The van der Waals surface area contributed by atoms with Gasteiger partial charge in [0.1, 0.15) is 5.82 Å². The molecule has 1 heterocycles. The maximum Gasteiger partial charge on any atom is 0.221 e. The third kappa shape index (κ3) is 4.63. The number of halogens is 1. The van der Waals surface area contributed by atoms with Gasteiger partial charge in [-0.1, -0.05) is 72.8 Å². The first-order chi connectivity index (χ1) is 14.7. The van der Waals surface area contributed by atoms with E-state index in [4.69, 9.17) is 4.42 Å². The van der Waals surface area contributed by atoms with E-state index in [0.29, 0.717) is 23.6 Å². The number of hydrogen-bond acceptors (Lipinski definition) is 3. The molecule has 0 bridgehead atoms. The first-order valence-electron chi connectivity index (χ1n) is 9.79. The van der Waals surface area contributed by atoms with Gasteiger partial charge in [-0.05, 0) is 23.3 Å². The van der Waals surface area contributed by atoms with Crippen LogP contribution in [-0.4, -0.2) is 10.9 Å². The van der Waals surface area contributed by atoms with Gasteiger partial charge < -0.3 is 9.73 Å². The van der Waals surface area contributed by atoms with E-state index in [1.165, 1.54) is 12.3 Å². The van der Waals surface area contributed by atoms with Crippen molar-refractivity contribution < 1.29 is 13.6 Å². The van der Waals surface area contributed by atoms with E-state index < -0.39 is 0 Å². The second-order valence-electron chi connectivity index (χ2n) is 6.92. The molecule has 30 heavy (non-hydrogen) atoms. The van der Waals surface area contributed by atoms with Gasteiger partial charge in [0.15, 0.2) is 11.7 Å². The van der Waals surface area contributed by atoms with Crippen LogP contribution in [0.4, 0.5) is 4.39 Å². The van der Waals surface area contributed by atoms with Gasteiger partial charge in [-0.3, -0.25) is 4.79 Å². The lowest BCUT2D eigenvalue weighted by Gasteiger charge is -2.19. The van der Waals surface area contributed by atoms with Crippen LogP contribution in [0.3, 0.4) is 0 Å². The fourth-order valence-corrected chi connectivity index (χ4v) is 3.32. The fraction of sp³-hybridized carbons (Fsp3) is 0.120.